The lowest BCUT2D eigenvalue weighted by Gasteiger charge is -1.93. The van der Waals surface area contributed by atoms with Gasteiger partial charge in [0.25, 0.3) is 0 Å². The van der Waals surface area contributed by atoms with E-state index in [0.29, 0.717) is 0 Å². The van der Waals surface area contributed by atoms with E-state index in [1.807, 2.05) is 6.08 Å². The molecule has 0 unspecified atom stereocenters. The van der Waals surface area contributed by atoms with Gasteiger partial charge in [0.2, 0.25) is 0 Å². The molecule has 2 heteroatoms. The van der Waals surface area contributed by atoms with Crippen molar-refractivity contribution in [1.29, 1.82) is 0 Å². The number of hydrogen-bond acceptors (Lipinski definition) is 2. The first-order valence-electron chi connectivity index (χ1n) is 2.51. The Morgan fingerprint density at radius 2 is 2.43 bits per heavy atom. The Labute approximate surface area is 43.6 Å². The molecule has 0 fully saturated rings. The van der Waals surface area contributed by atoms with Gasteiger partial charge in [0.15, 0.2) is 0 Å². The van der Waals surface area contributed by atoms with Crippen LogP contribution < -0.4 is 10.6 Å². The fraction of sp³-hybridized carbons (Fsp3) is 0.600. The van der Waals surface area contributed by atoms with Crippen molar-refractivity contribution in [2.24, 2.45) is 0 Å². The predicted molar refractivity (Wildman–Crippen MR) is 28.7 cm³/mol. The third-order valence-electron chi connectivity index (χ3n) is 0.877. The van der Waals surface area contributed by atoms with Crippen LogP contribution in [-0.4, -0.2) is 19.6 Å². The van der Waals surface area contributed by atoms with Crippen LogP contribution in [0.1, 0.15) is 0 Å². The van der Waals surface area contributed by atoms with Gasteiger partial charge in [-0.2, -0.15) is 0 Å². The molecule has 1 aliphatic heterocycles. The van der Waals surface area contributed by atoms with Crippen LogP contribution in [0.2, 0.25) is 0 Å². The van der Waals surface area contributed by atoms with Crippen LogP contribution in [0.4, 0.5) is 0 Å². The van der Waals surface area contributed by atoms with Crippen molar-refractivity contribution in [1.82, 2.24) is 10.6 Å². The summed E-state index contributed by atoms with van der Waals surface area (Å²) in [5, 5.41) is 6.15. The van der Waals surface area contributed by atoms with Crippen LogP contribution in [0.25, 0.3) is 0 Å². The van der Waals surface area contributed by atoms with E-state index in [-0.39, 0.29) is 0 Å². The van der Waals surface area contributed by atoms with Gasteiger partial charge < -0.3 is 10.6 Å². The van der Waals surface area contributed by atoms with Crippen molar-refractivity contribution in [2.45, 2.75) is 0 Å². The highest BCUT2D eigenvalue weighted by molar-refractivity contribution is 4.78. The van der Waals surface area contributed by atoms with E-state index in [2.05, 4.69) is 16.8 Å². The quantitative estimate of drug-likeness (QED) is 0.425. The lowest BCUT2D eigenvalue weighted by atomic mass is 10.6. The van der Waals surface area contributed by atoms with Crippen molar-refractivity contribution >= 4 is 0 Å². The van der Waals surface area contributed by atoms with Crippen LogP contribution in [0.5, 0.6) is 0 Å². The zero-order valence-electron chi connectivity index (χ0n) is 4.20. The molecule has 1 rings (SSSR count). The standard InChI is InChI=1S/C5H9N2/c1-2-6-4-5-7-3-1/h1,6-7H,2,4-5H2. The second kappa shape index (κ2) is 2.64. The molecule has 0 aromatic carbocycles. The van der Waals surface area contributed by atoms with Crippen molar-refractivity contribution in [2.75, 3.05) is 19.6 Å². The minimum Gasteiger partial charge on any atom is -0.382 e. The van der Waals surface area contributed by atoms with E-state index in [9.17, 15) is 0 Å². The number of nitrogens with one attached hydrogen (secondary N) is 2. The van der Waals surface area contributed by atoms with E-state index in [1.54, 1.807) is 0 Å². The molecule has 1 radical (unpaired) electrons. The molecule has 2 N–H and O–H groups in total. The van der Waals surface area contributed by atoms with Gasteiger partial charge in [-0.3, -0.25) is 0 Å². The molecule has 0 spiro atoms. The van der Waals surface area contributed by atoms with E-state index in [0.717, 1.165) is 19.6 Å². The van der Waals surface area contributed by atoms with Crippen LogP contribution >= 0.6 is 0 Å². The SMILES string of the molecule is [C]1=CCNCCN1. The lowest BCUT2D eigenvalue weighted by Crippen LogP contribution is -2.20. The summed E-state index contributed by atoms with van der Waals surface area (Å²) in [4.78, 5) is 0. The number of rotatable bonds is 0. The smallest absolute Gasteiger partial charge is 0.0545 e. The molecule has 1 aliphatic rings. The van der Waals surface area contributed by atoms with Crippen molar-refractivity contribution in [3.05, 3.63) is 12.3 Å². The molecule has 0 aliphatic carbocycles. The summed E-state index contributed by atoms with van der Waals surface area (Å²) in [5.74, 6) is 0. The van der Waals surface area contributed by atoms with Gasteiger partial charge in [-0.1, -0.05) is 0 Å². The average molecular weight is 97.1 g/mol. The Hall–Kier alpha value is -0.500. The molecule has 0 saturated heterocycles. The van der Waals surface area contributed by atoms with E-state index >= 15 is 0 Å². The monoisotopic (exact) mass is 97.1 g/mol. The Balaban J connectivity index is 2.20. The van der Waals surface area contributed by atoms with Gasteiger partial charge in [-0.25, -0.2) is 0 Å². The lowest BCUT2D eigenvalue weighted by molar-refractivity contribution is 0.728. The highest BCUT2D eigenvalue weighted by Gasteiger charge is 1.85. The highest BCUT2D eigenvalue weighted by atomic mass is 14.9. The molecule has 7 heavy (non-hydrogen) atoms. The third kappa shape index (κ3) is 1.59. The van der Waals surface area contributed by atoms with Gasteiger partial charge in [0.1, 0.15) is 0 Å². The zero-order valence-corrected chi connectivity index (χ0v) is 4.20. The molecular formula is C5H9N2. The maximum atomic E-state index is 3.17. The predicted octanol–water partition coefficient (Wildman–Crippen LogP) is -0.504. The van der Waals surface area contributed by atoms with Crippen LogP contribution in [0.3, 0.4) is 0 Å². The molecule has 0 bridgehead atoms. The second-order valence-corrected chi connectivity index (χ2v) is 1.48. The Morgan fingerprint density at radius 1 is 1.43 bits per heavy atom. The Morgan fingerprint density at radius 3 is 3.43 bits per heavy atom. The fourth-order valence-electron chi connectivity index (χ4n) is 0.520. The molecule has 0 aromatic rings. The second-order valence-electron chi connectivity index (χ2n) is 1.48. The summed E-state index contributed by atoms with van der Waals surface area (Å²) in [6.45, 7) is 2.99. The summed E-state index contributed by atoms with van der Waals surface area (Å²) < 4.78 is 0. The van der Waals surface area contributed by atoms with Gasteiger partial charge in [-0.15, -0.1) is 0 Å². The first kappa shape index (κ1) is 4.65. The summed E-state index contributed by atoms with van der Waals surface area (Å²) in [5.41, 5.74) is 0. The van der Waals surface area contributed by atoms with Gasteiger partial charge in [0, 0.05) is 19.6 Å². The first-order valence-corrected chi connectivity index (χ1v) is 2.51. The first-order chi connectivity index (χ1) is 3.50. The van der Waals surface area contributed by atoms with E-state index in [1.165, 1.54) is 0 Å². The largest absolute Gasteiger partial charge is 0.382 e. The third-order valence-corrected chi connectivity index (χ3v) is 0.877. The van der Waals surface area contributed by atoms with Gasteiger partial charge in [-0.05, 0) is 6.08 Å². The maximum Gasteiger partial charge on any atom is 0.0545 e. The normalized spacial score (nSPS) is 20.6. The van der Waals surface area contributed by atoms with Crippen molar-refractivity contribution in [3.63, 3.8) is 0 Å². The topological polar surface area (TPSA) is 24.1 Å². The van der Waals surface area contributed by atoms with Gasteiger partial charge >= 0.3 is 0 Å². The molecule has 39 valence electrons. The average Bonchev–Trinajstić information content (AvgIpc) is 1.90. The van der Waals surface area contributed by atoms with Crippen molar-refractivity contribution in [3.8, 4) is 0 Å². The molecular weight excluding hydrogens is 88.1 g/mol. The van der Waals surface area contributed by atoms with E-state index in [4.69, 9.17) is 0 Å². The summed E-state index contributed by atoms with van der Waals surface area (Å²) >= 11 is 0. The molecule has 0 aromatic heterocycles. The van der Waals surface area contributed by atoms with Crippen molar-refractivity contribution < 1.29 is 0 Å². The van der Waals surface area contributed by atoms with Crippen LogP contribution in [-0.2, 0) is 0 Å². The van der Waals surface area contributed by atoms with E-state index < -0.39 is 0 Å². The molecule has 0 saturated carbocycles. The minimum atomic E-state index is 0.951. The Kier molecular flexibility index (Phi) is 1.75. The minimum absolute atomic E-state index is 0.951. The van der Waals surface area contributed by atoms with Crippen LogP contribution in [0, 0.1) is 6.20 Å². The van der Waals surface area contributed by atoms with Crippen LogP contribution in [0.15, 0.2) is 6.08 Å². The van der Waals surface area contributed by atoms with Gasteiger partial charge in [0.05, 0.1) is 6.20 Å². The molecule has 1 heterocycles. The summed E-state index contributed by atoms with van der Waals surface area (Å²) in [7, 11) is 0. The number of hydrogen-bond donors (Lipinski definition) is 2. The highest BCUT2D eigenvalue weighted by Crippen LogP contribution is 1.69. The Bertz CT molecular complexity index is 60.5. The molecule has 0 amide bonds. The summed E-state index contributed by atoms with van der Waals surface area (Å²) in [6, 6.07) is 0. The maximum absolute atomic E-state index is 3.17. The summed E-state index contributed by atoms with van der Waals surface area (Å²) in [6.07, 6.45) is 4.86. The fourth-order valence-corrected chi connectivity index (χ4v) is 0.520. The zero-order chi connectivity index (χ0) is 4.95. The molecule has 0 atom stereocenters. The molecule has 2 nitrogen and oxygen atoms in total.